The third-order valence-electron chi connectivity index (χ3n) is 6.16. The van der Waals surface area contributed by atoms with Gasteiger partial charge in [-0.3, -0.25) is 4.79 Å². The van der Waals surface area contributed by atoms with Gasteiger partial charge in [0.15, 0.2) is 5.69 Å². The fourth-order valence-corrected chi connectivity index (χ4v) is 4.49. The van der Waals surface area contributed by atoms with Gasteiger partial charge in [-0.15, -0.1) is 0 Å². The summed E-state index contributed by atoms with van der Waals surface area (Å²) in [5.41, 5.74) is 4.18. The molecule has 2 aliphatic rings. The van der Waals surface area contributed by atoms with Crippen molar-refractivity contribution >= 4 is 23.3 Å². The summed E-state index contributed by atoms with van der Waals surface area (Å²) in [7, 11) is 0. The summed E-state index contributed by atoms with van der Waals surface area (Å²) in [6, 6.07) is 7.94. The Balaban J connectivity index is 1.49. The summed E-state index contributed by atoms with van der Waals surface area (Å²) in [5.74, 6) is 0.699. The maximum Gasteiger partial charge on any atom is 0.410 e. The number of hydrogen-bond acceptors (Lipinski definition) is 5. The van der Waals surface area contributed by atoms with E-state index < -0.39 is 5.60 Å². The van der Waals surface area contributed by atoms with Gasteiger partial charge in [0.1, 0.15) is 11.4 Å². The Hall–Kier alpha value is -3.09. The van der Waals surface area contributed by atoms with Crippen molar-refractivity contribution in [3.63, 3.8) is 0 Å². The summed E-state index contributed by atoms with van der Waals surface area (Å²) >= 11 is 0. The van der Waals surface area contributed by atoms with E-state index in [0.29, 0.717) is 24.8 Å². The number of aromatic nitrogens is 1. The zero-order valence-electron chi connectivity index (χ0n) is 19.9. The van der Waals surface area contributed by atoms with Crippen molar-refractivity contribution in [3.05, 3.63) is 52.9 Å². The summed E-state index contributed by atoms with van der Waals surface area (Å²) in [4.78, 5) is 26.9. The zero-order chi connectivity index (χ0) is 23.6. The van der Waals surface area contributed by atoms with Gasteiger partial charge in [0.05, 0.1) is 0 Å². The summed E-state index contributed by atoms with van der Waals surface area (Å²) < 4.78 is 10.6. The van der Waals surface area contributed by atoms with Crippen molar-refractivity contribution in [1.82, 2.24) is 10.1 Å². The summed E-state index contributed by atoms with van der Waals surface area (Å²) in [5, 5.41) is 6.85. The molecule has 2 amide bonds. The third-order valence-corrected chi connectivity index (χ3v) is 6.16. The highest BCUT2D eigenvalue weighted by molar-refractivity contribution is 6.04. The molecule has 1 fully saturated rings. The van der Waals surface area contributed by atoms with Gasteiger partial charge in [0.2, 0.25) is 0 Å². The Bertz CT molecular complexity index is 1060. The van der Waals surface area contributed by atoms with E-state index in [-0.39, 0.29) is 17.7 Å². The quantitative estimate of drug-likeness (QED) is 0.624. The molecule has 4 rings (SSSR count). The largest absolute Gasteiger partial charge is 0.444 e. The first-order valence-corrected chi connectivity index (χ1v) is 11.8. The minimum atomic E-state index is -0.483. The molecular weight excluding hydrogens is 418 g/mol. The molecule has 2 aromatic rings. The summed E-state index contributed by atoms with van der Waals surface area (Å²) in [6.45, 7) is 8.80. The molecule has 0 spiro atoms. The van der Waals surface area contributed by atoms with Crippen LogP contribution >= 0.6 is 0 Å². The van der Waals surface area contributed by atoms with Crippen LogP contribution < -0.4 is 5.32 Å². The monoisotopic (exact) mass is 451 g/mol. The van der Waals surface area contributed by atoms with E-state index in [9.17, 15) is 9.59 Å². The van der Waals surface area contributed by atoms with Crippen LogP contribution in [0.2, 0.25) is 0 Å². The van der Waals surface area contributed by atoms with Crippen LogP contribution in [0, 0.1) is 6.92 Å². The fourth-order valence-electron chi connectivity index (χ4n) is 4.49. The van der Waals surface area contributed by atoms with Gasteiger partial charge in [-0.25, -0.2) is 4.79 Å². The number of aryl methyl sites for hydroxylation is 1. The first kappa shape index (κ1) is 23.1. The van der Waals surface area contributed by atoms with E-state index in [4.69, 9.17) is 9.26 Å². The van der Waals surface area contributed by atoms with Crippen molar-refractivity contribution < 1.29 is 18.8 Å². The van der Waals surface area contributed by atoms with Gasteiger partial charge in [-0.2, -0.15) is 0 Å². The van der Waals surface area contributed by atoms with Gasteiger partial charge >= 0.3 is 6.09 Å². The number of amides is 2. The molecule has 7 heteroatoms. The number of likely N-dealkylation sites (tertiary alicyclic amines) is 1. The van der Waals surface area contributed by atoms with E-state index in [1.165, 1.54) is 11.1 Å². The molecule has 1 aromatic heterocycles. The topological polar surface area (TPSA) is 84.7 Å². The smallest absolute Gasteiger partial charge is 0.410 e. The van der Waals surface area contributed by atoms with Crippen LogP contribution in [0.5, 0.6) is 0 Å². The lowest BCUT2D eigenvalue weighted by Crippen LogP contribution is -2.41. The maximum absolute atomic E-state index is 12.7. The molecule has 1 aliphatic carbocycles. The predicted octanol–water partition coefficient (Wildman–Crippen LogP) is 5.92. The second kappa shape index (κ2) is 9.41. The standard InChI is InChI=1S/C26H33N3O4/c1-17-15-23(28-33-17)24(30)27-22-10-9-20(16-21(22)19-7-5-6-8-19)18-11-13-29(14-12-18)25(31)32-26(2,3)4/h7,9-10,15-16,18H,5-6,8,11-14H2,1-4H3,(H,27,30). The molecule has 0 bridgehead atoms. The Labute approximate surface area is 195 Å². The van der Waals surface area contributed by atoms with Gasteiger partial charge in [0, 0.05) is 30.4 Å². The molecule has 1 aromatic carbocycles. The number of benzene rings is 1. The molecule has 1 aliphatic heterocycles. The molecule has 7 nitrogen and oxygen atoms in total. The number of rotatable bonds is 4. The van der Waals surface area contributed by atoms with Crippen LogP contribution in [0.3, 0.4) is 0 Å². The second-order valence-electron chi connectivity index (χ2n) is 9.95. The first-order valence-electron chi connectivity index (χ1n) is 11.8. The Morgan fingerprint density at radius 3 is 2.55 bits per heavy atom. The molecule has 1 N–H and O–H groups in total. The minimum absolute atomic E-state index is 0.237. The highest BCUT2D eigenvalue weighted by Crippen LogP contribution is 2.37. The molecule has 0 unspecified atom stereocenters. The van der Waals surface area contributed by atoms with Gasteiger partial charge in [-0.1, -0.05) is 17.3 Å². The Morgan fingerprint density at radius 2 is 1.94 bits per heavy atom. The number of nitrogens with zero attached hydrogens (tertiary/aromatic N) is 2. The highest BCUT2D eigenvalue weighted by Gasteiger charge is 2.28. The molecule has 33 heavy (non-hydrogen) atoms. The minimum Gasteiger partial charge on any atom is -0.444 e. The third kappa shape index (κ3) is 5.64. The SMILES string of the molecule is Cc1cc(C(=O)Nc2ccc(C3CCN(C(=O)OC(C)(C)C)CC3)cc2C2=CCCC2)no1. The number of allylic oxidation sites excluding steroid dienone is 2. The lowest BCUT2D eigenvalue weighted by molar-refractivity contribution is 0.0204. The van der Waals surface area contributed by atoms with Crippen LogP contribution in [-0.2, 0) is 4.74 Å². The number of ether oxygens (including phenoxy) is 1. The lowest BCUT2D eigenvalue weighted by atomic mass is 9.87. The van der Waals surface area contributed by atoms with Crippen LogP contribution in [0.25, 0.3) is 5.57 Å². The van der Waals surface area contributed by atoms with Crippen LogP contribution in [0.15, 0.2) is 34.9 Å². The van der Waals surface area contributed by atoms with E-state index in [1.807, 2.05) is 26.8 Å². The molecule has 0 saturated carbocycles. The van der Waals surface area contributed by atoms with Gasteiger partial charge in [-0.05, 0) is 89.0 Å². The predicted molar refractivity (Wildman–Crippen MR) is 127 cm³/mol. The summed E-state index contributed by atoms with van der Waals surface area (Å²) in [6.07, 6.45) is 7.00. The number of anilines is 1. The highest BCUT2D eigenvalue weighted by atomic mass is 16.6. The molecule has 0 radical (unpaired) electrons. The van der Waals surface area contributed by atoms with Gasteiger partial charge in [0.25, 0.3) is 5.91 Å². The second-order valence-corrected chi connectivity index (χ2v) is 9.95. The lowest BCUT2D eigenvalue weighted by Gasteiger charge is -2.34. The van der Waals surface area contributed by atoms with Crippen molar-refractivity contribution in [2.75, 3.05) is 18.4 Å². The van der Waals surface area contributed by atoms with Crippen LogP contribution in [0.1, 0.15) is 86.2 Å². The first-order chi connectivity index (χ1) is 15.7. The molecular formula is C26H33N3O4. The van der Waals surface area contributed by atoms with E-state index >= 15 is 0 Å². The Morgan fingerprint density at radius 1 is 1.18 bits per heavy atom. The number of nitrogens with one attached hydrogen (secondary N) is 1. The van der Waals surface area contributed by atoms with E-state index in [1.54, 1.807) is 17.9 Å². The number of piperidine rings is 1. The molecule has 1 saturated heterocycles. The number of carbonyl (C=O) groups is 2. The van der Waals surface area contributed by atoms with Crippen LogP contribution in [0.4, 0.5) is 10.5 Å². The molecule has 0 atom stereocenters. The Kier molecular flexibility index (Phi) is 6.58. The van der Waals surface area contributed by atoms with E-state index in [2.05, 4.69) is 28.7 Å². The molecule has 2 heterocycles. The van der Waals surface area contributed by atoms with Crippen molar-refractivity contribution in [3.8, 4) is 0 Å². The van der Waals surface area contributed by atoms with Crippen LogP contribution in [-0.4, -0.2) is 40.7 Å². The van der Waals surface area contributed by atoms with Gasteiger partial charge < -0.3 is 19.5 Å². The number of hydrogen-bond donors (Lipinski definition) is 1. The van der Waals surface area contributed by atoms with E-state index in [0.717, 1.165) is 43.4 Å². The van der Waals surface area contributed by atoms with Crippen molar-refractivity contribution in [2.24, 2.45) is 0 Å². The van der Waals surface area contributed by atoms with Crippen molar-refractivity contribution in [1.29, 1.82) is 0 Å². The average Bonchev–Trinajstić information content (AvgIpc) is 3.45. The maximum atomic E-state index is 12.7. The zero-order valence-corrected chi connectivity index (χ0v) is 19.9. The molecule has 176 valence electrons. The number of carbonyl (C=O) groups excluding carboxylic acids is 2. The fraction of sp³-hybridized carbons (Fsp3) is 0.500. The normalized spacial score (nSPS) is 17.1. The average molecular weight is 452 g/mol. The van der Waals surface area contributed by atoms with Crippen molar-refractivity contribution in [2.45, 2.75) is 71.3 Å².